The highest BCUT2D eigenvalue weighted by Gasteiger charge is 2.29. The molecule has 1 aliphatic carbocycles. The highest BCUT2D eigenvalue weighted by molar-refractivity contribution is 7.91. The first-order valence-electron chi connectivity index (χ1n) is 7.25. The number of hydrogen-bond donors (Lipinski definition) is 3. The molecule has 0 aliphatic heterocycles. The Morgan fingerprint density at radius 2 is 1.78 bits per heavy atom. The van der Waals surface area contributed by atoms with Crippen LogP contribution in [0.25, 0.3) is 0 Å². The third kappa shape index (κ3) is 10.4. The third-order valence-electron chi connectivity index (χ3n) is 3.52. The van der Waals surface area contributed by atoms with E-state index in [1.165, 1.54) is 0 Å². The second-order valence-electron chi connectivity index (χ2n) is 5.90. The molecule has 23 heavy (non-hydrogen) atoms. The molecule has 0 aromatic carbocycles. The molecule has 138 valence electrons. The number of phosphoric ester groups is 1. The smallest absolute Gasteiger partial charge is 0.303 e. The van der Waals surface area contributed by atoms with E-state index >= 15 is 0 Å². The van der Waals surface area contributed by atoms with E-state index in [0.29, 0.717) is 0 Å². The number of nitrogens with one attached hydrogen (secondary N) is 1. The van der Waals surface area contributed by atoms with E-state index < -0.39 is 39.5 Å². The lowest BCUT2D eigenvalue weighted by Crippen LogP contribution is -2.32. The molecule has 1 saturated carbocycles. The van der Waals surface area contributed by atoms with E-state index in [4.69, 9.17) is 9.79 Å². The van der Waals surface area contributed by atoms with Crippen molar-refractivity contribution in [1.29, 1.82) is 0 Å². The second kappa shape index (κ2) is 8.37. The van der Waals surface area contributed by atoms with Gasteiger partial charge in [-0.05, 0) is 25.2 Å². The molecule has 0 aromatic heterocycles. The van der Waals surface area contributed by atoms with Crippen LogP contribution >= 0.6 is 7.82 Å². The molecule has 0 heterocycles. The Balaban J connectivity index is 2.64. The summed E-state index contributed by atoms with van der Waals surface area (Å²) in [5, 5.41) is 0. The largest absolute Gasteiger partial charge is 0.469 e. The zero-order valence-electron chi connectivity index (χ0n) is 12.9. The van der Waals surface area contributed by atoms with E-state index in [0.717, 1.165) is 31.9 Å². The standard InChI is InChI=1S/C11H24NO8PS2/c1-22(16,17)12-7-6-11(20-21(13,14)15)9-23(18,19)8-10-4-2-3-5-10/h10-12H,2-9H2,1H3,(H2,13,14,15). The third-order valence-corrected chi connectivity index (χ3v) is 6.68. The van der Waals surface area contributed by atoms with Gasteiger partial charge in [0.05, 0.1) is 23.9 Å². The highest BCUT2D eigenvalue weighted by Crippen LogP contribution is 2.38. The second-order valence-corrected chi connectivity index (χ2v) is 11.1. The van der Waals surface area contributed by atoms with Crippen LogP contribution in [-0.2, 0) is 28.9 Å². The number of rotatable bonds is 10. The molecule has 1 rings (SSSR count). The zero-order chi connectivity index (χ0) is 17.7. The first kappa shape index (κ1) is 21.0. The Morgan fingerprint density at radius 1 is 1.22 bits per heavy atom. The SMILES string of the molecule is CS(=O)(=O)NCCC(CS(=O)(=O)CC1CCCC1)OP(=O)(O)O. The first-order chi connectivity index (χ1) is 10.4. The average molecular weight is 393 g/mol. The normalized spacial score (nSPS) is 19.1. The predicted octanol–water partition coefficient (Wildman–Crippen LogP) is 0.00860. The van der Waals surface area contributed by atoms with E-state index in [1.54, 1.807) is 0 Å². The first-order valence-corrected chi connectivity index (χ1v) is 12.5. The topological polar surface area (TPSA) is 147 Å². The van der Waals surface area contributed by atoms with E-state index in [9.17, 15) is 21.4 Å². The van der Waals surface area contributed by atoms with Crippen molar-refractivity contribution in [1.82, 2.24) is 4.72 Å². The lowest BCUT2D eigenvalue weighted by Gasteiger charge is -2.19. The number of sulfone groups is 1. The summed E-state index contributed by atoms with van der Waals surface area (Å²) >= 11 is 0. The fourth-order valence-corrected chi connectivity index (χ4v) is 5.80. The van der Waals surface area contributed by atoms with Crippen molar-refractivity contribution in [2.75, 3.05) is 24.3 Å². The highest BCUT2D eigenvalue weighted by atomic mass is 32.2. The van der Waals surface area contributed by atoms with Gasteiger partial charge in [-0.3, -0.25) is 4.52 Å². The van der Waals surface area contributed by atoms with Gasteiger partial charge in [0.1, 0.15) is 0 Å². The summed E-state index contributed by atoms with van der Waals surface area (Å²) in [5.74, 6) is -0.502. The molecule has 0 aromatic rings. The lowest BCUT2D eigenvalue weighted by atomic mass is 10.1. The minimum Gasteiger partial charge on any atom is -0.303 e. The van der Waals surface area contributed by atoms with Crippen LogP contribution in [0.15, 0.2) is 0 Å². The molecule has 12 heteroatoms. The van der Waals surface area contributed by atoms with Gasteiger partial charge in [-0.1, -0.05) is 12.8 Å². The minimum atomic E-state index is -4.87. The van der Waals surface area contributed by atoms with E-state index in [1.807, 2.05) is 0 Å². The van der Waals surface area contributed by atoms with Crippen LogP contribution in [0.1, 0.15) is 32.1 Å². The number of phosphoric acid groups is 1. The molecule has 1 atom stereocenters. The van der Waals surface area contributed by atoms with Crippen LogP contribution in [0, 0.1) is 5.92 Å². The molecule has 0 spiro atoms. The van der Waals surface area contributed by atoms with Gasteiger partial charge < -0.3 is 9.79 Å². The number of hydrogen-bond acceptors (Lipinski definition) is 6. The Labute approximate surface area is 137 Å². The summed E-state index contributed by atoms with van der Waals surface area (Å²) < 4.78 is 63.9. The molecule has 0 amide bonds. The molecular weight excluding hydrogens is 369 g/mol. The van der Waals surface area contributed by atoms with Crippen LogP contribution in [0.5, 0.6) is 0 Å². The van der Waals surface area contributed by atoms with Crippen molar-refractivity contribution in [3.8, 4) is 0 Å². The Hall–Kier alpha value is -0.0300. The summed E-state index contributed by atoms with van der Waals surface area (Å²) in [7, 11) is -11.9. The van der Waals surface area contributed by atoms with Crippen molar-refractivity contribution < 1.29 is 35.7 Å². The van der Waals surface area contributed by atoms with Gasteiger partial charge in [-0.2, -0.15) is 0 Å². The zero-order valence-corrected chi connectivity index (χ0v) is 15.4. The summed E-state index contributed by atoms with van der Waals surface area (Å²) in [6, 6.07) is 0. The summed E-state index contributed by atoms with van der Waals surface area (Å²) in [4.78, 5) is 17.8. The summed E-state index contributed by atoms with van der Waals surface area (Å²) in [6.45, 7) is -0.164. The van der Waals surface area contributed by atoms with Gasteiger partial charge in [-0.15, -0.1) is 0 Å². The maximum Gasteiger partial charge on any atom is 0.469 e. The molecule has 3 N–H and O–H groups in total. The molecule has 1 aliphatic rings. The van der Waals surface area contributed by atoms with Gasteiger partial charge in [0.15, 0.2) is 9.84 Å². The fourth-order valence-electron chi connectivity index (χ4n) is 2.65. The van der Waals surface area contributed by atoms with Crippen LogP contribution in [0.4, 0.5) is 0 Å². The minimum absolute atomic E-state index is 0.0342. The molecule has 0 saturated heterocycles. The molecule has 0 bridgehead atoms. The Morgan fingerprint density at radius 3 is 2.26 bits per heavy atom. The molecule has 1 fully saturated rings. The summed E-state index contributed by atoms with van der Waals surface area (Å²) in [5.41, 5.74) is 0. The number of sulfonamides is 1. The van der Waals surface area contributed by atoms with Crippen LogP contribution in [-0.4, -0.2) is 57.0 Å². The predicted molar refractivity (Wildman–Crippen MR) is 85.0 cm³/mol. The Kier molecular flexibility index (Phi) is 7.65. The van der Waals surface area contributed by atoms with Gasteiger partial charge in [0.2, 0.25) is 10.0 Å². The summed E-state index contributed by atoms with van der Waals surface area (Å²) in [6.07, 6.45) is 3.15. The van der Waals surface area contributed by atoms with Gasteiger partial charge in [-0.25, -0.2) is 26.1 Å². The van der Waals surface area contributed by atoms with E-state index in [2.05, 4.69) is 9.25 Å². The molecule has 9 nitrogen and oxygen atoms in total. The van der Waals surface area contributed by atoms with Gasteiger partial charge >= 0.3 is 7.82 Å². The van der Waals surface area contributed by atoms with Crippen LogP contribution in [0.3, 0.4) is 0 Å². The molecule has 1 unspecified atom stereocenters. The van der Waals surface area contributed by atoms with Crippen molar-refractivity contribution in [3.05, 3.63) is 0 Å². The maximum absolute atomic E-state index is 12.2. The van der Waals surface area contributed by atoms with Gasteiger partial charge in [0.25, 0.3) is 0 Å². The monoisotopic (exact) mass is 393 g/mol. The molecule has 0 radical (unpaired) electrons. The van der Waals surface area contributed by atoms with E-state index in [-0.39, 0.29) is 24.6 Å². The van der Waals surface area contributed by atoms with Crippen molar-refractivity contribution in [2.24, 2.45) is 5.92 Å². The maximum atomic E-state index is 12.2. The molecular formula is C11H24NO8PS2. The van der Waals surface area contributed by atoms with Crippen molar-refractivity contribution >= 4 is 27.7 Å². The quantitative estimate of drug-likeness (QED) is 0.440. The van der Waals surface area contributed by atoms with Crippen LogP contribution < -0.4 is 4.72 Å². The Bertz CT molecular complexity index is 620. The van der Waals surface area contributed by atoms with Crippen molar-refractivity contribution in [3.63, 3.8) is 0 Å². The fraction of sp³-hybridized carbons (Fsp3) is 1.00. The van der Waals surface area contributed by atoms with Crippen molar-refractivity contribution in [2.45, 2.75) is 38.2 Å². The average Bonchev–Trinajstić information content (AvgIpc) is 2.75. The lowest BCUT2D eigenvalue weighted by molar-refractivity contribution is 0.141. The van der Waals surface area contributed by atoms with Crippen LogP contribution in [0.2, 0.25) is 0 Å². The van der Waals surface area contributed by atoms with Gasteiger partial charge in [0, 0.05) is 6.54 Å².